The minimum atomic E-state index is -0.610. The Labute approximate surface area is 125 Å². The van der Waals surface area contributed by atoms with Crippen LogP contribution in [0.25, 0.3) is 0 Å². The van der Waals surface area contributed by atoms with Gasteiger partial charge in [-0.15, -0.1) is 0 Å². The number of nitrogens with two attached hydrogens (primary N) is 2. The monoisotopic (exact) mass is 293 g/mol. The molecule has 2 rings (SSSR count). The average Bonchev–Trinajstić information content (AvgIpc) is 2.49. The van der Waals surface area contributed by atoms with E-state index in [2.05, 4.69) is 4.90 Å². The molecule has 0 saturated heterocycles. The van der Waals surface area contributed by atoms with E-state index in [0.29, 0.717) is 24.7 Å². The van der Waals surface area contributed by atoms with Gasteiger partial charge in [-0.2, -0.15) is 0 Å². The molecule has 1 saturated carbocycles. The molecular weight excluding hydrogens is 269 g/mol. The highest BCUT2D eigenvalue weighted by molar-refractivity contribution is 5.93. The summed E-state index contributed by atoms with van der Waals surface area (Å²) < 4.78 is 14.4. The van der Waals surface area contributed by atoms with Gasteiger partial charge in [0.1, 0.15) is 5.82 Å². The SMILES string of the molecule is CCN(c1ccc(C(N)=O)cc1F)C1CCCCC1CN. The predicted octanol–water partition coefficient (Wildman–Crippen LogP) is 2.27. The lowest BCUT2D eigenvalue weighted by atomic mass is 9.83. The molecule has 0 bridgehead atoms. The predicted molar refractivity (Wildman–Crippen MR) is 82.7 cm³/mol. The highest BCUT2D eigenvalue weighted by atomic mass is 19.1. The molecule has 1 aromatic rings. The molecule has 5 heteroatoms. The topological polar surface area (TPSA) is 72.3 Å². The summed E-state index contributed by atoms with van der Waals surface area (Å²) in [6.45, 7) is 3.36. The molecule has 0 spiro atoms. The van der Waals surface area contributed by atoms with Crippen LogP contribution in [-0.2, 0) is 0 Å². The highest BCUT2D eigenvalue weighted by Crippen LogP contribution is 2.32. The molecule has 0 radical (unpaired) electrons. The molecule has 1 aliphatic rings. The van der Waals surface area contributed by atoms with Crippen molar-refractivity contribution in [1.82, 2.24) is 0 Å². The van der Waals surface area contributed by atoms with E-state index in [9.17, 15) is 9.18 Å². The Balaban J connectivity index is 2.30. The number of nitrogens with zero attached hydrogens (tertiary/aromatic N) is 1. The molecule has 4 N–H and O–H groups in total. The van der Waals surface area contributed by atoms with Crippen molar-refractivity contribution in [1.29, 1.82) is 0 Å². The van der Waals surface area contributed by atoms with Crippen molar-refractivity contribution in [2.24, 2.45) is 17.4 Å². The van der Waals surface area contributed by atoms with Crippen molar-refractivity contribution in [3.8, 4) is 0 Å². The third kappa shape index (κ3) is 3.35. The second-order valence-corrected chi connectivity index (χ2v) is 5.66. The maximum absolute atomic E-state index is 14.4. The lowest BCUT2D eigenvalue weighted by Gasteiger charge is -2.40. The quantitative estimate of drug-likeness (QED) is 0.874. The van der Waals surface area contributed by atoms with Crippen LogP contribution in [0.1, 0.15) is 43.0 Å². The number of primary amides is 1. The summed E-state index contributed by atoms with van der Waals surface area (Å²) in [6, 6.07) is 4.73. The second-order valence-electron chi connectivity index (χ2n) is 5.66. The molecule has 0 aromatic heterocycles. The average molecular weight is 293 g/mol. The van der Waals surface area contributed by atoms with Crippen LogP contribution in [0.3, 0.4) is 0 Å². The number of hydrogen-bond donors (Lipinski definition) is 2. The zero-order valence-electron chi connectivity index (χ0n) is 12.5. The van der Waals surface area contributed by atoms with E-state index in [-0.39, 0.29) is 11.6 Å². The lowest BCUT2D eigenvalue weighted by molar-refractivity contribution is 0.1000. The van der Waals surface area contributed by atoms with Crippen molar-refractivity contribution in [2.45, 2.75) is 38.6 Å². The summed E-state index contributed by atoms with van der Waals surface area (Å²) >= 11 is 0. The Bertz CT molecular complexity index is 506. The van der Waals surface area contributed by atoms with E-state index in [1.165, 1.54) is 12.5 Å². The van der Waals surface area contributed by atoms with Gasteiger partial charge in [0.2, 0.25) is 5.91 Å². The largest absolute Gasteiger partial charge is 0.366 e. The first kappa shape index (κ1) is 15.8. The first-order valence-corrected chi connectivity index (χ1v) is 7.64. The summed E-state index contributed by atoms with van der Waals surface area (Å²) in [5.74, 6) is -0.607. The van der Waals surface area contributed by atoms with Gasteiger partial charge in [0.05, 0.1) is 5.69 Å². The summed E-state index contributed by atoms with van der Waals surface area (Å²) in [4.78, 5) is 13.2. The van der Waals surface area contributed by atoms with Gasteiger partial charge in [-0.25, -0.2) is 4.39 Å². The van der Waals surface area contributed by atoms with E-state index >= 15 is 0 Å². The summed E-state index contributed by atoms with van der Waals surface area (Å²) in [7, 11) is 0. The number of benzene rings is 1. The zero-order chi connectivity index (χ0) is 15.4. The highest BCUT2D eigenvalue weighted by Gasteiger charge is 2.30. The number of halogens is 1. The molecule has 4 nitrogen and oxygen atoms in total. The number of carbonyl (C=O) groups excluding carboxylic acids is 1. The summed E-state index contributed by atoms with van der Waals surface area (Å²) in [5, 5.41) is 0. The number of amides is 1. The van der Waals surface area contributed by atoms with Crippen LogP contribution in [-0.4, -0.2) is 25.0 Å². The number of hydrogen-bond acceptors (Lipinski definition) is 3. The van der Waals surface area contributed by atoms with Crippen molar-refractivity contribution in [3.05, 3.63) is 29.6 Å². The molecule has 1 aliphatic carbocycles. The fourth-order valence-corrected chi connectivity index (χ4v) is 3.35. The Morgan fingerprint density at radius 2 is 2.10 bits per heavy atom. The van der Waals surface area contributed by atoms with E-state index < -0.39 is 11.7 Å². The third-order valence-electron chi connectivity index (χ3n) is 4.45. The van der Waals surface area contributed by atoms with E-state index in [1.54, 1.807) is 12.1 Å². The first-order valence-electron chi connectivity index (χ1n) is 7.64. The van der Waals surface area contributed by atoms with Crippen molar-refractivity contribution in [2.75, 3.05) is 18.0 Å². The van der Waals surface area contributed by atoms with Gasteiger partial charge < -0.3 is 16.4 Å². The van der Waals surface area contributed by atoms with E-state index in [1.807, 2.05) is 6.92 Å². The lowest BCUT2D eigenvalue weighted by Crippen LogP contribution is -2.45. The molecule has 2 atom stereocenters. The molecule has 1 amide bonds. The van der Waals surface area contributed by atoms with Crippen LogP contribution in [0.2, 0.25) is 0 Å². The minimum Gasteiger partial charge on any atom is -0.366 e. The van der Waals surface area contributed by atoms with Crippen molar-refractivity contribution in [3.63, 3.8) is 0 Å². The molecule has 1 fully saturated rings. The van der Waals surface area contributed by atoms with Gasteiger partial charge in [-0.1, -0.05) is 12.8 Å². The standard InChI is InChI=1S/C16H24FN3O/c1-2-20(14-6-4-3-5-12(14)10-18)15-8-7-11(16(19)21)9-13(15)17/h7-9,12,14H,2-6,10,18H2,1H3,(H2,19,21). The minimum absolute atomic E-state index is 0.200. The normalized spacial score (nSPS) is 22.0. The van der Waals surface area contributed by atoms with Crippen LogP contribution >= 0.6 is 0 Å². The molecule has 0 aliphatic heterocycles. The van der Waals surface area contributed by atoms with Gasteiger partial charge >= 0.3 is 0 Å². The van der Waals surface area contributed by atoms with Gasteiger partial charge in [-0.05, 0) is 50.4 Å². The Kier molecular flexibility index (Phi) is 5.17. The van der Waals surface area contributed by atoms with Crippen LogP contribution < -0.4 is 16.4 Å². The molecule has 21 heavy (non-hydrogen) atoms. The van der Waals surface area contributed by atoms with Crippen LogP contribution in [0.15, 0.2) is 18.2 Å². The third-order valence-corrected chi connectivity index (χ3v) is 4.45. The smallest absolute Gasteiger partial charge is 0.248 e. The zero-order valence-corrected chi connectivity index (χ0v) is 12.5. The number of anilines is 1. The van der Waals surface area contributed by atoms with Crippen LogP contribution in [0.5, 0.6) is 0 Å². The van der Waals surface area contributed by atoms with Crippen molar-refractivity contribution < 1.29 is 9.18 Å². The first-order chi connectivity index (χ1) is 10.1. The van der Waals surface area contributed by atoms with Gasteiger partial charge in [-0.3, -0.25) is 4.79 Å². The fraction of sp³-hybridized carbons (Fsp3) is 0.562. The molecule has 1 aromatic carbocycles. The Hall–Kier alpha value is -1.62. The number of carbonyl (C=O) groups is 1. The molecule has 0 heterocycles. The van der Waals surface area contributed by atoms with Crippen molar-refractivity contribution >= 4 is 11.6 Å². The molecule has 116 valence electrons. The van der Waals surface area contributed by atoms with Crippen LogP contribution in [0.4, 0.5) is 10.1 Å². The number of rotatable bonds is 5. The Morgan fingerprint density at radius 3 is 2.67 bits per heavy atom. The van der Waals surface area contributed by atoms with E-state index in [0.717, 1.165) is 19.3 Å². The van der Waals surface area contributed by atoms with E-state index in [4.69, 9.17) is 11.5 Å². The van der Waals surface area contributed by atoms with Gasteiger partial charge in [0.25, 0.3) is 0 Å². The molecule has 2 unspecified atom stereocenters. The summed E-state index contributed by atoms with van der Waals surface area (Å²) in [6.07, 6.45) is 4.48. The van der Waals surface area contributed by atoms with Gasteiger partial charge in [0.15, 0.2) is 0 Å². The molecular formula is C16H24FN3O. The summed E-state index contributed by atoms with van der Waals surface area (Å²) in [5.41, 5.74) is 11.8. The maximum Gasteiger partial charge on any atom is 0.248 e. The fourth-order valence-electron chi connectivity index (χ4n) is 3.35. The van der Waals surface area contributed by atoms with Gasteiger partial charge in [0, 0.05) is 18.2 Å². The maximum atomic E-state index is 14.4. The van der Waals surface area contributed by atoms with Crippen LogP contribution in [0, 0.1) is 11.7 Å². The second kappa shape index (κ2) is 6.89. The Morgan fingerprint density at radius 1 is 1.38 bits per heavy atom.